The summed E-state index contributed by atoms with van der Waals surface area (Å²) in [6.45, 7) is 3.08. The number of hydrogen-bond acceptors (Lipinski definition) is 3. The molecule has 2 rings (SSSR count). The molecule has 0 radical (unpaired) electrons. The Labute approximate surface area is 115 Å². The summed E-state index contributed by atoms with van der Waals surface area (Å²) >= 11 is 0. The topological polar surface area (TPSA) is 35.6 Å². The number of nitrogens with zero attached hydrogens (tertiary/aromatic N) is 2. The van der Waals surface area contributed by atoms with Gasteiger partial charge in [0.2, 0.25) is 5.91 Å². The minimum absolute atomic E-state index is 0.229. The van der Waals surface area contributed by atoms with Crippen LogP contribution in [0.3, 0.4) is 0 Å². The molecule has 1 amide bonds. The summed E-state index contributed by atoms with van der Waals surface area (Å²) in [5.41, 5.74) is 1.29. The molecule has 1 heterocycles. The molecule has 1 saturated heterocycles. The highest BCUT2D eigenvalue weighted by molar-refractivity contribution is 5.78. The fourth-order valence-electron chi connectivity index (χ4n) is 2.52. The van der Waals surface area contributed by atoms with E-state index in [1.807, 2.05) is 30.0 Å². The Hall–Kier alpha value is -1.39. The third kappa shape index (κ3) is 4.04. The maximum atomic E-state index is 12.3. The van der Waals surface area contributed by atoms with Gasteiger partial charge < -0.3 is 15.1 Å². The number of likely N-dealkylation sites (N-methyl/N-ethyl adjacent to an activating group) is 1. The number of carbonyl (C=O) groups is 1. The van der Waals surface area contributed by atoms with Crippen molar-refractivity contribution < 1.29 is 4.79 Å². The predicted octanol–water partition coefficient (Wildman–Crippen LogP) is 0.591. The number of amides is 1. The second-order valence-corrected chi connectivity index (χ2v) is 5.37. The van der Waals surface area contributed by atoms with Gasteiger partial charge in [0.15, 0.2) is 0 Å². The monoisotopic (exact) mass is 261 g/mol. The number of benzene rings is 1. The number of piperazine rings is 1. The highest BCUT2D eigenvalue weighted by atomic mass is 16.2. The van der Waals surface area contributed by atoms with Crippen LogP contribution in [0.2, 0.25) is 0 Å². The van der Waals surface area contributed by atoms with Crippen molar-refractivity contribution >= 4 is 5.91 Å². The Morgan fingerprint density at radius 1 is 1.37 bits per heavy atom. The zero-order chi connectivity index (χ0) is 13.7. The van der Waals surface area contributed by atoms with Crippen LogP contribution in [-0.4, -0.2) is 62.0 Å². The van der Waals surface area contributed by atoms with Crippen LogP contribution >= 0.6 is 0 Å². The van der Waals surface area contributed by atoms with Crippen molar-refractivity contribution in [1.82, 2.24) is 15.1 Å². The second kappa shape index (κ2) is 6.68. The Morgan fingerprint density at radius 2 is 2.11 bits per heavy atom. The Bertz CT molecular complexity index is 405. The normalized spacial score (nSPS) is 19.7. The van der Waals surface area contributed by atoms with Crippen LogP contribution in [0.1, 0.15) is 5.56 Å². The van der Waals surface area contributed by atoms with E-state index in [0.29, 0.717) is 6.54 Å². The van der Waals surface area contributed by atoms with Crippen LogP contribution in [-0.2, 0) is 11.2 Å². The highest BCUT2D eigenvalue weighted by Crippen LogP contribution is 2.11. The van der Waals surface area contributed by atoms with Crippen LogP contribution in [0, 0.1) is 0 Å². The lowest BCUT2D eigenvalue weighted by Crippen LogP contribution is -2.56. The Morgan fingerprint density at radius 3 is 2.79 bits per heavy atom. The van der Waals surface area contributed by atoms with Gasteiger partial charge in [0.05, 0.1) is 6.54 Å². The van der Waals surface area contributed by atoms with Gasteiger partial charge in [0.25, 0.3) is 0 Å². The van der Waals surface area contributed by atoms with Crippen molar-refractivity contribution in [3.05, 3.63) is 35.9 Å². The van der Waals surface area contributed by atoms with E-state index in [1.165, 1.54) is 5.56 Å². The molecule has 1 aromatic carbocycles. The smallest absolute Gasteiger partial charge is 0.237 e. The molecule has 1 fully saturated rings. The summed E-state index contributed by atoms with van der Waals surface area (Å²) < 4.78 is 0. The minimum atomic E-state index is 0.229. The summed E-state index contributed by atoms with van der Waals surface area (Å²) in [4.78, 5) is 16.2. The first kappa shape index (κ1) is 14.0. The molecule has 4 heteroatoms. The van der Waals surface area contributed by atoms with Gasteiger partial charge in [-0.1, -0.05) is 30.3 Å². The van der Waals surface area contributed by atoms with Crippen LogP contribution in [0.25, 0.3) is 0 Å². The van der Waals surface area contributed by atoms with Gasteiger partial charge in [-0.3, -0.25) is 4.79 Å². The molecule has 0 aliphatic carbocycles. The van der Waals surface area contributed by atoms with Crippen molar-refractivity contribution in [3.8, 4) is 0 Å². The quantitative estimate of drug-likeness (QED) is 0.862. The molecule has 1 aliphatic heterocycles. The van der Waals surface area contributed by atoms with E-state index in [4.69, 9.17) is 0 Å². The molecular weight excluding hydrogens is 238 g/mol. The molecule has 0 bridgehead atoms. The first-order valence-electron chi connectivity index (χ1n) is 6.85. The lowest BCUT2D eigenvalue weighted by molar-refractivity contribution is -0.134. The average Bonchev–Trinajstić information content (AvgIpc) is 2.39. The van der Waals surface area contributed by atoms with Crippen LogP contribution in [0.5, 0.6) is 0 Å². The molecule has 4 nitrogen and oxygen atoms in total. The van der Waals surface area contributed by atoms with Gasteiger partial charge in [-0.25, -0.2) is 0 Å². The molecule has 1 aliphatic rings. The summed E-state index contributed by atoms with van der Waals surface area (Å²) in [6.07, 6.45) is 0.924. The summed E-state index contributed by atoms with van der Waals surface area (Å²) in [5.74, 6) is 0.229. The van der Waals surface area contributed by atoms with Crippen molar-refractivity contribution in [2.75, 3.05) is 40.3 Å². The van der Waals surface area contributed by atoms with E-state index in [9.17, 15) is 4.79 Å². The van der Waals surface area contributed by atoms with Gasteiger partial charge in [0, 0.05) is 25.7 Å². The van der Waals surface area contributed by atoms with E-state index in [2.05, 4.69) is 29.6 Å². The molecule has 0 spiro atoms. The first-order chi connectivity index (χ1) is 9.16. The van der Waals surface area contributed by atoms with E-state index in [1.54, 1.807) is 0 Å². The molecule has 104 valence electrons. The summed E-state index contributed by atoms with van der Waals surface area (Å²) in [7, 11) is 3.87. The Balaban J connectivity index is 2.01. The highest BCUT2D eigenvalue weighted by Gasteiger charge is 2.26. The van der Waals surface area contributed by atoms with E-state index < -0.39 is 0 Å². The maximum Gasteiger partial charge on any atom is 0.237 e. The van der Waals surface area contributed by atoms with E-state index >= 15 is 0 Å². The lowest BCUT2D eigenvalue weighted by atomic mass is 10.0. The zero-order valence-electron chi connectivity index (χ0n) is 11.8. The fraction of sp³-hybridized carbons (Fsp3) is 0.533. The SMILES string of the molecule is CN(C)CC(=O)N1CCNCC1Cc1ccccc1. The van der Waals surface area contributed by atoms with Gasteiger partial charge in [0.1, 0.15) is 0 Å². The molecule has 1 unspecified atom stereocenters. The third-order valence-electron chi connectivity index (χ3n) is 3.44. The summed E-state index contributed by atoms with van der Waals surface area (Å²) in [5, 5.41) is 3.39. The first-order valence-corrected chi connectivity index (χ1v) is 6.85. The summed E-state index contributed by atoms with van der Waals surface area (Å²) in [6, 6.07) is 10.7. The van der Waals surface area contributed by atoms with Crippen molar-refractivity contribution in [2.45, 2.75) is 12.5 Å². The van der Waals surface area contributed by atoms with Crippen LogP contribution in [0.15, 0.2) is 30.3 Å². The number of hydrogen-bond donors (Lipinski definition) is 1. The largest absolute Gasteiger partial charge is 0.336 e. The predicted molar refractivity (Wildman–Crippen MR) is 77.1 cm³/mol. The standard InChI is InChI=1S/C15H23N3O/c1-17(2)12-15(19)18-9-8-16-11-14(18)10-13-6-4-3-5-7-13/h3-7,14,16H,8-12H2,1-2H3. The maximum absolute atomic E-state index is 12.3. The van der Waals surface area contributed by atoms with Crippen molar-refractivity contribution in [2.24, 2.45) is 0 Å². The molecule has 0 saturated carbocycles. The lowest BCUT2D eigenvalue weighted by Gasteiger charge is -2.37. The zero-order valence-corrected chi connectivity index (χ0v) is 11.8. The van der Waals surface area contributed by atoms with Gasteiger partial charge in [-0.2, -0.15) is 0 Å². The van der Waals surface area contributed by atoms with E-state index in [0.717, 1.165) is 26.1 Å². The van der Waals surface area contributed by atoms with Gasteiger partial charge in [-0.05, 0) is 26.1 Å². The molecule has 0 aromatic heterocycles. The number of nitrogens with one attached hydrogen (secondary N) is 1. The number of carbonyl (C=O) groups excluding carboxylic acids is 1. The molecular formula is C15H23N3O. The van der Waals surface area contributed by atoms with E-state index in [-0.39, 0.29) is 11.9 Å². The van der Waals surface area contributed by atoms with Crippen molar-refractivity contribution in [3.63, 3.8) is 0 Å². The molecule has 19 heavy (non-hydrogen) atoms. The minimum Gasteiger partial charge on any atom is -0.336 e. The fourth-order valence-corrected chi connectivity index (χ4v) is 2.52. The number of rotatable bonds is 4. The van der Waals surface area contributed by atoms with Gasteiger partial charge in [-0.15, -0.1) is 0 Å². The van der Waals surface area contributed by atoms with Crippen LogP contribution < -0.4 is 5.32 Å². The Kier molecular flexibility index (Phi) is 4.93. The van der Waals surface area contributed by atoms with Crippen molar-refractivity contribution in [1.29, 1.82) is 0 Å². The van der Waals surface area contributed by atoms with Gasteiger partial charge >= 0.3 is 0 Å². The molecule has 1 N–H and O–H groups in total. The average molecular weight is 261 g/mol. The van der Waals surface area contributed by atoms with Crippen LogP contribution in [0.4, 0.5) is 0 Å². The molecule has 1 atom stereocenters. The molecule has 1 aromatic rings. The second-order valence-electron chi connectivity index (χ2n) is 5.37. The third-order valence-corrected chi connectivity index (χ3v) is 3.44.